The summed E-state index contributed by atoms with van der Waals surface area (Å²) in [5, 5.41) is 13.2. The highest BCUT2D eigenvalue weighted by atomic mass is 16.5. The third-order valence-corrected chi connectivity index (χ3v) is 5.81. The first-order valence-electron chi connectivity index (χ1n) is 11.5. The van der Waals surface area contributed by atoms with Crippen LogP contribution in [0.1, 0.15) is 16.8 Å². The lowest BCUT2D eigenvalue weighted by Crippen LogP contribution is -2.36. The van der Waals surface area contributed by atoms with Crippen LogP contribution < -0.4 is 19.7 Å². The molecule has 1 fully saturated rings. The quantitative estimate of drug-likeness (QED) is 0.416. The second-order valence-electron chi connectivity index (χ2n) is 8.25. The Labute approximate surface area is 208 Å². The van der Waals surface area contributed by atoms with Crippen molar-refractivity contribution in [1.29, 1.82) is 5.26 Å². The predicted molar refractivity (Wildman–Crippen MR) is 135 cm³/mol. The minimum atomic E-state index is 0.316. The van der Waals surface area contributed by atoms with Gasteiger partial charge in [0, 0.05) is 36.6 Å². The highest BCUT2D eigenvalue weighted by Crippen LogP contribution is 2.32. The van der Waals surface area contributed by atoms with Crippen LogP contribution in [-0.2, 0) is 11.3 Å². The molecule has 10 heteroatoms. The molecule has 4 heterocycles. The van der Waals surface area contributed by atoms with Crippen molar-refractivity contribution in [3.05, 3.63) is 65.7 Å². The monoisotopic (exact) mass is 483 g/mol. The van der Waals surface area contributed by atoms with Crippen LogP contribution in [0, 0.1) is 18.3 Å². The fourth-order valence-electron chi connectivity index (χ4n) is 3.88. The molecule has 5 rings (SSSR count). The number of pyridine rings is 2. The molecule has 182 valence electrons. The number of aryl methyl sites for hydroxylation is 1. The summed E-state index contributed by atoms with van der Waals surface area (Å²) in [7, 11) is 1.56. The first-order chi connectivity index (χ1) is 17.6. The zero-order valence-electron chi connectivity index (χ0n) is 20.1. The van der Waals surface area contributed by atoms with Crippen LogP contribution >= 0.6 is 0 Å². The molecule has 0 radical (unpaired) electrons. The summed E-state index contributed by atoms with van der Waals surface area (Å²) in [5.41, 5.74) is 4.71. The zero-order valence-corrected chi connectivity index (χ0v) is 20.1. The van der Waals surface area contributed by atoms with E-state index in [1.54, 1.807) is 31.8 Å². The van der Waals surface area contributed by atoms with E-state index in [4.69, 9.17) is 19.2 Å². The largest absolute Gasteiger partial charge is 0.491 e. The summed E-state index contributed by atoms with van der Waals surface area (Å²) in [6.45, 7) is 5.01. The van der Waals surface area contributed by atoms with E-state index in [9.17, 15) is 5.26 Å². The van der Waals surface area contributed by atoms with Gasteiger partial charge in [0.2, 0.25) is 0 Å². The van der Waals surface area contributed by atoms with Gasteiger partial charge in [0.25, 0.3) is 5.88 Å². The van der Waals surface area contributed by atoms with Gasteiger partial charge in [-0.25, -0.2) is 9.97 Å². The fraction of sp³-hybridized carbons (Fsp3) is 0.269. The van der Waals surface area contributed by atoms with Crippen molar-refractivity contribution in [2.24, 2.45) is 0 Å². The number of anilines is 3. The second kappa shape index (κ2) is 10.4. The number of hydrogen-bond donors (Lipinski definition) is 1. The van der Waals surface area contributed by atoms with E-state index in [2.05, 4.69) is 31.2 Å². The molecule has 36 heavy (non-hydrogen) atoms. The summed E-state index contributed by atoms with van der Waals surface area (Å²) in [6, 6.07) is 11.6. The van der Waals surface area contributed by atoms with Gasteiger partial charge in [0.05, 0.1) is 49.6 Å². The number of fused-ring (bicyclic) bond motifs is 1. The molecule has 0 atom stereocenters. The zero-order chi connectivity index (χ0) is 24.9. The van der Waals surface area contributed by atoms with Gasteiger partial charge in [-0.3, -0.25) is 9.97 Å². The van der Waals surface area contributed by atoms with Gasteiger partial charge >= 0.3 is 0 Å². The van der Waals surface area contributed by atoms with Crippen molar-refractivity contribution in [3.63, 3.8) is 0 Å². The molecule has 0 amide bonds. The van der Waals surface area contributed by atoms with E-state index in [0.717, 1.165) is 30.2 Å². The van der Waals surface area contributed by atoms with E-state index in [-0.39, 0.29) is 0 Å². The maximum absolute atomic E-state index is 9.98. The van der Waals surface area contributed by atoms with Gasteiger partial charge in [0.1, 0.15) is 29.6 Å². The van der Waals surface area contributed by atoms with Crippen LogP contribution in [0.15, 0.2) is 48.9 Å². The minimum absolute atomic E-state index is 0.316. The average Bonchev–Trinajstić information content (AvgIpc) is 2.93. The minimum Gasteiger partial charge on any atom is -0.491 e. The Hall–Kier alpha value is -4.49. The summed E-state index contributed by atoms with van der Waals surface area (Å²) in [6.07, 6.45) is 5.14. The Bertz CT molecular complexity index is 1410. The number of nitriles is 1. The maximum atomic E-state index is 9.98. The molecule has 1 aromatic carbocycles. The smallest absolute Gasteiger partial charge is 0.257 e. The van der Waals surface area contributed by atoms with Gasteiger partial charge in [-0.15, -0.1) is 0 Å². The van der Waals surface area contributed by atoms with Crippen molar-refractivity contribution in [3.8, 4) is 17.7 Å². The van der Waals surface area contributed by atoms with E-state index >= 15 is 0 Å². The molecule has 1 N–H and O–H groups in total. The highest BCUT2D eigenvalue weighted by Gasteiger charge is 2.17. The molecule has 1 saturated heterocycles. The number of morpholine rings is 1. The molecule has 4 aromatic rings. The molecule has 1 aliphatic heterocycles. The molecular formula is C26H25N7O3. The Kier molecular flexibility index (Phi) is 6.73. The summed E-state index contributed by atoms with van der Waals surface area (Å²) in [4.78, 5) is 20.1. The number of nitrogens with one attached hydrogen (secondary N) is 1. The highest BCUT2D eigenvalue weighted by molar-refractivity contribution is 5.89. The summed E-state index contributed by atoms with van der Waals surface area (Å²) in [5.74, 6) is 1.56. The lowest BCUT2D eigenvalue weighted by Gasteiger charge is -2.27. The summed E-state index contributed by atoms with van der Waals surface area (Å²) < 4.78 is 16.8. The number of aromatic nitrogens is 4. The Morgan fingerprint density at radius 1 is 1.08 bits per heavy atom. The third-order valence-electron chi connectivity index (χ3n) is 5.81. The molecule has 1 aliphatic rings. The third kappa shape index (κ3) is 4.96. The standard InChI is InChI=1S/C26H25N7O3/c1-17-3-4-18(13-28-17)16-36-26-23(34-2)11-19(14-30-26)31-21-5-6-22-25(20(21)12-27)32-24(15-29-22)33-7-9-35-10-8-33/h3-6,11,13-15,31H,7-10,16H2,1-2H3. The average molecular weight is 484 g/mol. The van der Waals surface area contributed by atoms with Gasteiger partial charge < -0.3 is 24.4 Å². The van der Waals surface area contributed by atoms with E-state index < -0.39 is 0 Å². The lowest BCUT2D eigenvalue weighted by molar-refractivity contribution is 0.122. The van der Waals surface area contributed by atoms with Crippen molar-refractivity contribution in [1.82, 2.24) is 19.9 Å². The predicted octanol–water partition coefficient (Wildman–Crippen LogP) is 3.77. The van der Waals surface area contributed by atoms with Crippen LogP contribution in [0.4, 0.5) is 17.2 Å². The lowest BCUT2D eigenvalue weighted by atomic mass is 10.1. The van der Waals surface area contributed by atoms with Crippen LogP contribution in [0.3, 0.4) is 0 Å². The molecular weight excluding hydrogens is 458 g/mol. The molecule has 0 unspecified atom stereocenters. The van der Waals surface area contributed by atoms with Crippen LogP contribution in [0.2, 0.25) is 0 Å². The van der Waals surface area contributed by atoms with Gasteiger partial charge in [-0.05, 0) is 25.1 Å². The number of rotatable bonds is 7. The Balaban J connectivity index is 1.39. The topological polar surface area (TPSA) is 118 Å². The van der Waals surface area contributed by atoms with Gasteiger partial charge in [0.15, 0.2) is 5.75 Å². The number of hydrogen-bond acceptors (Lipinski definition) is 10. The summed E-state index contributed by atoms with van der Waals surface area (Å²) >= 11 is 0. The Morgan fingerprint density at radius 3 is 2.69 bits per heavy atom. The number of methoxy groups -OCH3 is 1. The Morgan fingerprint density at radius 2 is 1.94 bits per heavy atom. The van der Waals surface area contributed by atoms with Crippen LogP contribution in [0.5, 0.6) is 11.6 Å². The first kappa shape index (κ1) is 23.3. The van der Waals surface area contributed by atoms with Crippen molar-refractivity contribution in [2.45, 2.75) is 13.5 Å². The molecule has 0 bridgehead atoms. The molecule has 0 spiro atoms. The first-order valence-corrected chi connectivity index (χ1v) is 11.5. The van der Waals surface area contributed by atoms with Crippen molar-refractivity contribution in [2.75, 3.05) is 43.6 Å². The molecule has 3 aromatic heterocycles. The number of ether oxygens (including phenoxy) is 3. The van der Waals surface area contributed by atoms with Gasteiger partial charge in [-0.2, -0.15) is 5.26 Å². The van der Waals surface area contributed by atoms with Gasteiger partial charge in [-0.1, -0.05) is 6.07 Å². The molecule has 0 saturated carbocycles. The van der Waals surface area contributed by atoms with Crippen LogP contribution in [0.25, 0.3) is 11.0 Å². The van der Waals surface area contributed by atoms with E-state index in [1.807, 2.05) is 31.2 Å². The fourth-order valence-corrected chi connectivity index (χ4v) is 3.88. The SMILES string of the molecule is COc1cc(Nc2ccc3ncc(N4CCOCC4)nc3c2C#N)cnc1OCc1ccc(C)nc1. The van der Waals surface area contributed by atoms with Crippen molar-refractivity contribution < 1.29 is 14.2 Å². The van der Waals surface area contributed by atoms with Crippen molar-refractivity contribution >= 4 is 28.2 Å². The van der Waals surface area contributed by atoms with Crippen LogP contribution in [-0.4, -0.2) is 53.3 Å². The number of nitrogens with zero attached hydrogens (tertiary/aromatic N) is 6. The molecule has 10 nitrogen and oxygen atoms in total. The second-order valence-corrected chi connectivity index (χ2v) is 8.25. The van der Waals surface area contributed by atoms with E-state index in [1.165, 1.54) is 0 Å². The van der Waals surface area contributed by atoms with E-state index in [0.29, 0.717) is 59.4 Å². The maximum Gasteiger partial charge on any atom is 0.257 e. The number of benzene rings is 1. The molecule has 0 aliphatic carbocycles. The normalized spacial score (nSPS) is 13.3.